The standard InChI is InChI=1S/C20H23F3N2O4/c1-20(2)16-17(23)12(10-4-5-10)7-13(22)18(16)25(19(20)28)9-14(26)24-8-11(21)6-15(27)29-3/h7,10-11H,4-6,8-9H2,1-3H3,(H,24,26)/t11-/m0/s1. The van der Waals surface area contributed by atoms with Crippen LogP contribution in [-0.2, 0) is 24.5 Å². The predicted octanol–water partition coefficient (Wildman–Crippen LogP) is 2.48. The number of amides is 2. The van der Waals surface area contributed by atoms with E-state index in [-0.39, 0.29) is 22.7 Å². The topological polar surface area (TPSA) is 75.7 Å². The first-order valence-corrected chi connectivity index (χ1v) is 9.39. The molecule has 0 bridgehead atoms. The lowest BCUT2D eigenvalue weighted by molar-refractivity contribution is -0.142. The van der Waals surface area contributed by atoms with Gasteiger partial charge in [-0.1, -0.05) is 0 Å². The molecule has 1 aliphatic carbocycles. The summed E-state index contributed by atoms with van der Waals surface area (Å²) in [5.74, 6) is -3.54. The molecule has 2 amide bonds. The zero-order valence-electron chi connectivity index (χ0n) is 16.5. The highest BCUT2D eigenvalue weighted by atomic mass is 19.1. The molecule has 1 fully saturated rings. The summed E-state index contributed by atoms with van der Waals surface area (Å²) in [5, 5.41) is 2.26. The van der Waals surface area contributed by atoms with Gasteiger partial charge in [-0.05, 0) is 44.2 Å². The molecule has 0 aromatic heterocycles. The maximum Gasteiger partial charge on any atom is 0.308 e. The minimum absolute atomic E-state index is 0.0469. The Balaban J connectivity index is 1.78. The summed E-state index contributed by atoms with van der Waals surface area (Å²) in [6.45, 7) is 1.92. The third kappa shape index (κ3) is 3.95. The smallest absolute Gasteiger partial charge is 0.308 e. The maximum absolute atomic E-state index is 15.1. The maximum atomic E-state index is 15.1. The van der Waals surface area contributed by atoms with Crippen molar-refractivity contribution in [2.24, 2.45) is 0 Å². The summed E-state index contributed by atoms with van der Waals surface area (Å²) < 4.78 is 48.0. The fourth-order valence-corrected chi connectivity index (χ4v) is 3.62. The van der Waals surface area contributed by atoms with E-state index in [1.165, 1.54) is 13.8 Å². The molecule has 0 spiro atoms. The number of hydrogen-bond acceptors (Lipinski definition) is 4. The molecule has 1 aliphatic heterocycles. The van der Waals surface area contributed by atoms with Crippen molar-refractivity contribution in [1.82, 2.24) is 5.32 Å². The Hall–Kier alpha value is -2.58. The highest BCUT2D eigenvalue weighted by Gasteiger charge is 2.49. The number of esters is 1. The summed E-state index contributed by atoms with van der Waals surface area (Å²) in [6, 6.07) is 1.10. The first-order chi connectivity index (χ1) is 13.6. The van der Waals surface area contributed by atoms with Crippen LogP contribution in [0.2, 0.25) is 0 Å². The minimum Gasteiger partial charge on any atom is -0.469 e. The molecule has 29 heavy (non-hydrogen) atoms. The lowest BCUT2D eigenvalue weighted by Crippen LogP contribution is -2.44. The molecule has 9 heteroatoms. The van der Waals surface area contributed by atoms with Crippen molar-refractivity contribution in [2.45, 2.75) is 50.6 Å². The number of fused-ring (bicyclic) bond motifs is 1. The van der Waals surface area contributed by atoms with Gasteiger partial charge in [0.1, 0.15) is 24.4 Å². The van der Waals surface area contributed by atoms with Crippen molar-refractivity contribution in [3.63, 3.8) is 0 Å². The average molecular weight is 412 g/mol. The van der Waals surface area contributed by atoms with E-state index in [4.69, 9.17) is 0 Å². The van der Waals surface area contributed by atoms with Crippen LogP contribution in [-0.4, -0.2) is 44.2 Å². The summed E-state index contributed by atoms with van der Waals surface area (Å²) in [5.41, 5.74) is -1.37. The van der Waals surface area contributed by atoms with Gasteiger partial charge in [-0.15, -0.1) is 0 Å². The van der Waals surface area contributed by atoms with Crippen molar-refractivity contribution >= 4 is 23.5 Å². The Labute approximate surface area is 166 Å². The largest absolute Gasteiger partial charge is 0.469 e. The van der Waals surface area contributed by atoms with Crippen molar-refractivity contribution in [3.05, 3.63) is 28.8 Å². The number of carbonyl (C=O) groups is 3. The number of rotatable bonds is 7. The van der Waals surface area contributed by atoms with Gasteiger partial charge in [0.25, 0.3) is 0 Å². The number of hydrogen-bond donors (Lipinski definition) is 1. The fourth-order valence-electron chi connectivity index (χ4n) is 3.62. The Morgan fingerprint density at radius 3 is 2.59 bits per heavy atom. The SMILES string of the molecule is COC(=O)C[C@H](F)CNC(=O)CN1C(=O)C(C)(C)c2c(F)c(C3CC3)cc(F)c21. The molecule has 1 aromatic carbocycles. The van der Waals surface area contributed by atoms with Crippen LogP contribution in [0.15, 0.2) is 6.07 Å². The normalized spacial score (nSPS) is 18.4. The van der Waals surface area contributed by atoms with Crippen molar-refractivity contribution in [1.29, 1.82) is 0 Å². The fraction of sp³-hybridized carbons (Fsp3) is 0.550. The zero-order valence-corrected chi connectivity index (χ0v) is 16.5. The van der Waals surface area contributed by atoms with Gasteiger partial charge in [0.05, 0.1) is 24.6 Å². The van der Waals surface area contributed by atoms with Gasteiger partial charge in [0.15, 0.2) is 0 Å². The molecule has 1 saturated carbocycles. The van der Waals surface area contributed by atoms with E-state index in [1.54, 1.807) is 0 Å². The van der Waals surface area contributed by atoms with Gasteiger partial charge in [-0.2, -0.15) is 0 Å². The molecule has 0 radical (unpaired) electrons. The first-order valence-electron chi connectivity index (χ1n) is 9.39. The van der Waals surface area contributed by atoms with Crippen LogP contribution in [0.25, 0.3) is 0 Å². The van der Waals surface area contributed by atoms with Crippen molar-refractivity contribution < 1.29 is 32.3 Å². The van der Waals surface area contributed by atoms with Crippen LogP contribution in [0, 0.1) is 11.6 Å². The first kappa shape index (κ1) is 21.1. The van der Waals surface area contributed by atoms with E-state index < -0.39 is 60.5 Å². The molecular weight excluding hydrogens is 389 g/mol. The molecule has 3 rings (SSSR count). The van der Waals surface area contributed by atoms with Crippen molar-refractivity contribution in [2.75, 3.05) is 25.1 Å². The van der Waals surface area contributed by atoms with Crippen LogP contribution in [0.4, 0.5) is 18.9 Å². The number of nitrogens with one attached hydrogen (secondary N) is 1. The monoisotopic (exact) mass is 412 g/mol. The summed E-state index contributed by atoms with van der Waals surface area (Å²) in [7, 11) is 1.12. The predicted molar refractivity (Wildman–Crippen MR) is 98.3 cm³/mol. The second-order valence-corrected chi connectivity index (χ2v) is 7.96. The van der Waals surface area contributed by atoms with Gasteiger partial charge in [0.2, 0.25) is 11.8 Å². The lowest BCUT2D eigenvalue weighted by atomic mass is 9.84. The van der Waals surface area contributed by atoms with Crippen LogP contribution in [0.3, 0.4) is 0 Å². The third-order valence-corrected chi connectivity index (χ3v) is 5.35. The van der Waals surface area contributed by atoms with E-state index in [9.17, 15) is 23.2 Å². The lowest BCUT2D eigenvalue weighted by Gasteiger charge is -2.20. The second-order valence-electron chi connectivity index (χ2n) is 7.96. The van der Waals surface area contributed by atoms with E-state index in [0.717, 1.165) is 30.9 Å². The zero-order chi connectivity index (χ0) is 21.5. The highest BCUT2D eigenvalue weighted by molar-refractivity contribution is 6.10. The Kier molecular flexibility index (Phi) is 5.60. The molecule has 2 aliphatic rings. The molecule has 0 saturated heterocycles. The molecule has 6 nitrogen and oxygen atoms in total. The number of benzene rings is 1. The molecule has 158 valence electrons. The number of alkyl halides is 1. The molecule has 1 N–H and O–H groups in total. The summed E-state index contributed by atoms with van der Waals surface area (Å²) >= 11 is 0. The van der Waals surface area contributed by atoms with E-state index in [0.29, 0.717) is 0 Å². The van der Waals surface area contributed by atoms with Crippen LogP contribution in [0.5, 0.6) is 0 Å². The third-order valence-electron chi connectivity index (χ3n) is 5.35. The molecule has 0 unspecified atom stereocenters. The number of nitrogens with zero attached hydrogens (tertiary/aromatic N) is 1. The van der Waals surface area contributed by atoms with Gasteiger partial charge in [-0.25, -0.2) is 13.2 Å². The quantitative estimate of drug-likeness (QED) is 0.699. The number of anilines is 1. The molecule has 1 atom stereocenters. The Morgan fingerprint density at radius 2 is 2.00 bits per heavy atom. The van der Waals surface area contributed by atoms with Gasteiger partial charge in [0, 0.05) is 12.1 Å². The average Bonchev–Trinajstić information content (AvgIpc) is 3.47. The van der Waals surface area contributed by atoms with Gasteiger partial charge >= 0.3 is 5.97 Å². The number of halogens is 3. The molecule has 1 heterocycles. The van der Waals surface area contributed by atoms with Gasteiger partial charge < -0.3 is 10.1 Å². The Bertz CT molecular complexity index is 868. The van der Waals surface area contributed by atoms with E-state index in [2.05, 4.69) is 10.1 Å². The van der Waals surface area contributed by atoms with Crippen LogP contribution < -0.4 is 10.2 Å². The van der Waals surface area contributed by atoms with E-state index >= 15 is 4.39 Å². The molecular formula is C20H23F3N2O4. The van der Waals surface area contributed by atoms with Crippen molar-refractivity contribution in [3.8, 4) is 0 Å². The summed E-state index contributed by atoms with van der Waals surface area (Å²) in [6.07, 6.45) is -0.657. The second kappa shape index (κ2) is 7.68. The number of methoxy groups -OCH3 is 1. The van der Waals surface area contributed by atoms with Crippen LogP contribution in [0.1, 0.15) is 50.2 Å². The molecule has 1 aromatic rings. The van der Waals surface area contributed by atoms with Gasteiger partial charge in [-0.3, -0.25) is 19.3 Å². The summed E-state index contributed by atoms with van der Waals surface area (Å²) in [4.78, 5) is 37.0. The number of ether oxygens (including phenoxy) is 1. The Morgan fingerprint density at radius 1 is 1.34 bits per heavy atom. The minimum atomic E-state index is -1.67. The highest BCUT2D eigenvalue weighted by Crippen LogP contribution is 2.50. The van der Waals surface area contributed by atoms with Crippen LogP contribution >= 0.6 is 0 Å². The number of carbonyl (C=O) groups excluding carboxylic acids is 3. The van der Waals surface area contributed by atoms with E-state index in [1.807, 2.05) is 0 Å².